The monoisotopic (exact) mass is 269 g/mol. The first kappa shape index (κ1) is 13.3. The second-order valence-corrected chi connectivity index (χ2v) is 3.80. The highest BCUT2D eigenvalue weighted by Gasteiger charge is 2.35. The van der Waals surface area contributed by atoms with E-state index in [2.05, 4.69) is 9.72 Å². The number of esters is 1. The molecule has 0 aliphatic heterocycles. The highest BCUT2D eigenvalue weighted by molar-refractivity contribution is 5.94. The third-order valence-corrected chi connectivity index (χ3v) is 2.49. The quantitative estimate of drug-likeness (QED) is 0.784. The molecule has 0 aliphatic rings. The third kappa shape index (κ3) is 2.67. The topological polar surface area (TPSA) is 39.2 Å². The highest BCUT2D eigenvalue weighted by atomic mass is 19.4. The van der Waals surface area contributed by atoms with E-state index in [1.54, 1.807) is 13.0 Å². The molecule has 1 aromatic heterocycles. The van der Waals surface area contributed by atoms with Crippen molar-refractivity contribution in [3.05, 3.63) is 41.7 Å². The van der Waals surface area contributed by atoms with Gasteiger partial charge in [0.1, 0.15) is 5.69 Å². The van der Waals surface area contributed by atoms with Gasteiger partial charge in [-0.1, -0.05) is 24.3 Å². The Labute approximate surface area is 107 Å². The standard InChI is InChI=1S/C13H10F3NO2/c1-2-19-12(18)10-7-8-5-3-4-6-9(8)11(17-10)13(14,15)16/h3-7H,2H2,1H3. The lowest BCUT2D eigenvalue weighted by atomic mass is 10.1. The van der Waals surface area contributed by atoms with Crippen LogP contribution >= 0.6 is 0 Å². The van der Waals surface area contributed by atoms with Crippen LogP contribution in [0.5, 0.6) is 0 Å². The Morgan fingerprint density at radius 2 is 2.00 bits per heavy atom. The van der Waals surface area contributed by atoms with Gasteiger partial charge in [-0.3, -0.25) is 0 Å². The summed E-state index contributed by atoms with van der Waals surface area (Å²) in [6.07, 6.45) is -4.62. The number of benzene rings is 1. The largest absolute Gasteiger partial charge is 0.461 e. The van der Waals surface area contributed by atoms with Gasteiger partial charge in [-0.15, -0.1) is 0 Å². The van der Waals surface area contributed by atoms with E-state index in [4.69, 9.17) is 0 Å². The predicted octanol–water partition coefficient (Wildman–Crippen LogP) is 3.43. The summed E-state index contributed by atoms with van der Waals surface area (Å²) in [5.41, 5.74) is -1.42. The second kappa shape index (κ2) is 4.87. The molecule has 2 aromatic rings. The molecular weight excluding hydrogens is 259 g/mol. The lowest BCUT2D eigenvalue weighted by molar-refractivity contribution is -0.139. The Morgan fingerprint density at radius 1 is 1.32 bits per heavy atom. The van der Waals surface area contributed by atoms with Gasteiger partial charge in [0.15, 0.2) is 5.69 Å². The van der Waals surface area contributed by atoms with Crippen molar-refractivity contribution in [2.45, 2.75) is 13.1 Å². The van der Waals surface area contributed by atoms with Gasteiger partial charge in [0.2, 0.25) is 0 Å². The summed E-state index contributed by atoms with van der Waals surface area (Å²) in [6.45, 7) is 1.65. The minimum Gasteiger partial charge on any atom is -0.461 e. The molecule has 1 aromatic carbocycles. The Kier molecular flexibility index (Phi) is 3.42. The van der Waals surface area contributed by atoms with Gasteiger partial charge < -0.3 is 4.74 Å². The van der Waals surface area contributed by atoms with E-state index < -0.39 is 17.8 Å². The fraction of sp³-hybridized carbons (Fsp3) is 0.231. The molecule has 0 unspecified atom stereocenters. The fourth-order valence-corrected chi connectivity index (χ4v) is 1.72. The molecule has 0 aliphatic carbocycles. The molecule has 0 atom stereocenters. The van der Waals surface area contributed by atoms with Gasteiger partial charge in [-0.05, 0) is 18.4 Å². The first-order valence-corrected chi connectivity index (χ1v) is 5.57. The van der Waals surface area contributed by atoms with Gasteiger partial charge in [0, 0.05) is 5.39 Å². The van der Waals surface area contributed by atoms with Crippen LogP contribution in [-0.2, 0) is 10.9 Å². The van der Waals surface area contributed by atoms with Crippen LogP contribution in [0.1, 0.15) is 23.1 Å². The minimum atomic E-state index is -4.62. The number of carbonyl (C=O) groups is 1. The van der Waals surface area contributed by atoms with Gasteiger partial charge >= 0.3 is 12.1 Å². The zero-order valence-corrected chi connectivity index (χ0v) is 9.99. The van der Waals surface area contributed by atoms with Crippen LogP contribution in [0, 0.1) is 0 Å². The molecule has 0 saturated heterocycles. The van der Waals surface area contributed by atoms with Crippen molar-refractivity contribution in [2.75, 3.05) is 6.61 Å². The summed E-state index contributed by atoms with van der Waals surface area (Å²) in [5.74, 6) is -0.862. The van der Waals surface area contributed by atoms with Crippen molar-refractivity contribution < 1.29 is 22.7 Å². The number of hydrogen-bond donors (Lipinski definition) is 0. The number of ether oxygens (including phenoxy) is 1. The van der Waals surface area contributed by atoms with Crippen molar-refractivity contribution in [3.8, 4) is 0 Å². The maximum absolute atomic E-state index is 12.9. The van der Waals surface area contributed by atoms with Gasteiger partial charge in [0.25, 0.3) is 0 Å². The second-order valence-electron chi connectivity index (χ2n) is 3.80. The van der Waals surface area contributed by atoms with Crippen molar-refractivity contribution >= 4 is 16.7 Å². The molecule has 1 heterocycles. The molecule has 100 valence electrons. The van der Waals surface area contributed by atoms with E-state index in [0.717, 1.165) is 0 Å². The molecule has 0 N–H and O–H groups in total. The van der Waals surface area contributed by atoms with Crippen LogP contribution < -0.4 is 0 Å². The number of alkyl halides is 3. The molecule has 0 fully saturated rings. The number of rotatable bonds is 2. The van der Waals surface area contributed by atoms with Crippen molar-refractivity contribution in [3.63, 3.8) is 0 Å². The molecule has 0 bridgehead atoms. The van der Waals surface area contributed by atoms with E-state index in [1.165, 1.54) is 24.3 Å². The van der Waals surface area contributed by atoms with E-state index >= 15 is 0 Å². The number of aromatic nitrogens is 1. The predicted molar refractivity (Wildman–Crippen MR) is 62.7 cm³/mol. The van der Waals surface area contributed by atoms with Gasteiger partial charge in [0.05, 0.1) is 6.61 Å². The van der Waals surface area contributed by atoms with Crippen molar-refractivity contribution in [2.24, 2.45) is 0 Å². The molecule has 2 rings (SSSR count). The fourth-order valence-electron chi connectivity index (χ4n) is 1.72. The van der Waals surface area contributed by atoms with Crippen LogP contribution in [0.25, 0.3) is 10.8 Å². The van der Waals surface area contributed by atoms with Gasteiger partial charge in [-0.25, -0.2) is 9.78 Å². The van der Waals surface area contributed by atoms with Crippen LogP contribution in [-0.4, -0.2) is 17.6 Å². The van der Waals surface area contributed by atoms with E-state index in [9.17, 15) is 18.0 Å². The normalized spacial score (nSPS) is 11.6. The average Bonchev–Trinajstić information content (AvgIpc) is 2.36. The Balaban J connectivity index is 2.67. The Bertz CT molecular complexity index is 623. The zero-order valence-electron chi connectivity index (χ0n) is 9.99. The molecule has 0 saturated carbocycles. The Morgan fingerprint density at radius 3 is 2.63 bits per heavy atom. The van der Waals surface area contributed by atoms with E-state index in [1.807, 2.05) is 0 Å². The molecule has 6 heteroatoms. The first-order chi connectivity index (χ1) is 8.93. The first-order valence-electron chi connectivity index (χ1n) is 5.57. The lowest BCUT2D eigenvalue weighted by Crippen LogP contribution is -2.14. The maximum atomic E-state index is 12.9. The average molecular weight is 269 g/mol. The number of nitrogens with zero attached hydrogens (tertiary/aromatic N) is 1. The van der Waals surface area contributed by atoms with E-state index in [-0.39, 0.29) is 17.7 Å². The number of halogens is 3. The van der Waals surface area contributed by atoms with Crippen LogP contribution in [0.4, 0.5) is 13.2 Å². The number of fused-ring (bicyclic) bond motifs is 1. The summed E-state index contributed by atoms with van der Waals surface area (Å²) in [7, 11) is 0. The summed E-state index contributed by atoms with van der Waals surface area (Å²) < 4.78 is 43.5. The maximum Gasteiger partial charge on any atom is 0.433 e. The summed E-state index contributed by atoms with van der Waals surface area (Å²) in [5, 5.41) is 0.260. The summed E-state index contributed by atoms with van der Waals surface area (Å²) in [4.78, 5) is 14.9. The summed E-state index contributed by atoms with van der Waals surface area (Å²) >= 11 is 0. The Hall–Kier alpha value is -2.11. The number of pyridine rings is 1. The van der Waals surface area contributed by atoms with Gasteiger partial charge in [-0.2, -0.15) is 13.2 Å². The van der Waals surface area contributed by atoms with Crippen LogP contribution in [0.2, 0.25) is 0 Å². The molecule has 0 radical (unpaired) electrons. The van der Waals surface area contributed by atoms with Crippen LogP contribution in [0.3, 0.4) is 0 Å². The third-order valence-electron chi connectivity index (χ3n) is 2.49. The molecule has 3 nitrogen and oxygen atoms in total. The molecular formula is C13H10F3NO2. The highest BCUT2D eigenvalue weighted by Crippen LogP contribution is 2.33. The van der Waals surface area contributed by atoms with Crippen LogP contribution in [0.15, 0.2) is 30.3 Å². The molecule has 0 amide bonds. The van der Waals surface area contributed by atoms with E-state index in [0.29, 0.717) is 5.39 Å². The molecule has 19 heavy (non-hydrogen) atoms. The van der Waals surface area contributed by atoms with Crippen molar-refractivity contribution in [1.82, 2.24) is 4.98 Å². The zero-order chi connectivity index (χ0) is 14.0. The summed E-state index contributed by atoms with van der Waals surface area (Å²) in [6, 6.07) is 7.19. The smallest absolute Gasteiger partial charge is 0.433 e. The molecule has 0 spiro atoms. The number of hydrogen-bond acceptors (Lipinski definition) is 3. The number of carbonyl (C=O) groups excluding carboxylic acids is 1. The SMILES string of the molecule is CCOC(=O)c1cc2ccccc2c(C(F)(F)F)n1. The lowest BCUT2D eigenvalue weighted by Gasteiger charge is -2.11. The van der Waals surface area contributed by atoms with Crippen molar-refractivity contribution in [1.29, 1.82) is 0 Å². The minimum absolute atomic E-state index is 0.0388.